The van der Waals surface area contributed by atoms with Crippen molar-refractivity contribution in [2.45, 2.75) is 55.5 Å². The molecule has 1 aromatic heterocycles. The Hall–Kier alpha value is -1.31. The number of benzene rings is 1. The lowest BCUT2D eigenvalue weighted by atomic mass is 9.96. The second-order valence-electron chi connectivity index (χ2n) is 6.48. The Kier molecular flexibility index (Phi) is 7.16. The van der Waals surface area contributed by atoms with Gasteiger partial charge in [-0.3, -0.25) is 4.79 Å². The number of nitrogens with zero attached hydrogens (tertiary/aromatic N) is 2. The van der Waals surface area contributed by atoms with E-state index in [0.29, 0.717) is 16.8 Å². The van der Waals surface area contributed by atoms with Crippen LogP contribution in [0.2, 0.25) is 5.02 Å². The number of carbonyl (C=O) groups excluding carboxylic acids is 1. The third kappa shape index (κ3) is 5.86. The van der Waals surface area contributed by atoms with E-state index >= 15 is 0 Å². The molecule has 140 valence electrons. The van der Waals surface area contributed by atoms with Gasteiger partial charge in [0.15, 0.2) is 4.34 Å². The van der Waals surface area contributed by atoms with Crippen LogP contribution in [0.25, 0.3) is 0 Å². The highest BCUT2D eigenvalue weighted by molar-refractivity contribution is 8.01. The molecule has 0 bridgehead atoms. The predicted molar refractivity (Wildman–Crippen MR) is 109 cm³/mol. The van der Waals surface area contributed by atoms with E-state index in [1.165, 1.54) is 55.2 Å². The van der Waals surface area contributed by atoms with Crippen LogP contribution >= 0.6 is 34.7 Å². The Morgan fingerprint density at radius 2 is 2.00 bits per heavy atom. The highest BCUT2D eigenvalue weighted by Gasteiger charge is 2.16. The van der Waals surface area contributed by atoms with E-state index in [-0.39, 0.29) is 11.9 Å². The van der Waals surface area contributed by atoms with E-state index in [0.717, 1.165) is 15.0 Å². The molecule has 5 nitrogen and oxygen atoms in total. The third-order valence-corrected chi connectivity index (χ3v) is 6.65. The maximum Gasteiger partial charge on any atom is 0.230 e. The molecule has 1 atom stereocenters. The Morgan fingerprint density at radius 1 is 1.27 bits per heavy atom. The number of rotatable bonds is 7. The summed E-state index contributed by atoms with van der Waals surface area (Å²) in [6.45, 7) is 1.96. The molecule has 2 N–H and O–H groups in total. The van der Waals surface area contributed by atoms with Crippen LogP contribution in [-0.2, 0) is 4.79 Å². The third-order valence-electron chi connectivity index (χ3n) is 4.41. The highest BCUT2D eigenvalue weighted by atomic mass is 35.5. The molecule has 1 aliphatic rings. The number of aromatic nitrogens is 2. The molecule has 1 aliphatic carbocycles. The number of halogens is 1. The molecule has 8 heteroatoms. The van der Waals surface area contributed by atoms with Crippen LogP contribution < -0.4 is 10.6 Å². The minimum absolute atomic E-state index is 0.0190. The van der Waals surface area contributed by atoms with Crippen molar-refractivity contribution in [2.75, 3.05) is 11.1 Å². The summed E-state index contributed by atoms with van der Waals surface area (Å²) in [4.78, 5) is 12.2. The molecular formula is C18H23ClN4OS2. The van der Waals surface area contributed by atoms with E-state index in [4.69, 9.17) is 11.6 Å². The standard InChI is InChI=1S/C18H23ClN4OS2/c1-12(13-7-9-14(19)10-8-13)20-16(24)11-25-18-23-22-17(26-18)21-15-5-3-2-4-6-15/h7-10,12,15H,2-6,11H2,1H3,(H,20,24)(H,21,22). The summed E-state index contributed by atoms with van der Waals surface area (Å²) in [7, 11) is 0. The lowest BCUT2D eigenvalue weighted by Crippen LogP contribution is -2.28. The van der Waals surface area contributed by atoms with Gasteiger partial charge in [-0.05, 0) is 37.5 Å². The van der Waals surface area contributed by atoms with Crippen LogP contribution in [0.15, 0.2) is 28.6 Å². The largest absolute Gasteiger partial charge is 0.357 e. The van der Waals surface area contributed by atoms with Crippen molar-refractivity contribution in [3.8, 4) is 0 Å². The fourth-order valence-corrected chi connectivity index (χ4v) is 4.76. The van der Waals surface area contributed by atoms with E-state index in [1.54, 1.807) is 0 Å². The maximum absolute atomic E-state index is 12.2. The molecule has 3 rings (SSSR count). The molecule has 0 radical (unpaired) electrons. The van der Waals surface area contributed by atoms with Crippen LogP contribution in [0.1, 0.15) is 50.6 Å². The SMILES string of the molecule is CC(NC(=O)CSc1nnc(NC2CCCCC2)s1)c1ccc(Cl)cc1. The molecule has 1 heterocycles. The van der Waals surface area contributed by atoms with Crippen molar-refractivity contribution in [1.82, 2.24) is 15.5 Å². The molecule has 0 aliphatic heterocycles. The van der Waals surface area contributed by atoms with Gasteiger partial charge in [-0.2, -0.15) is 0 Å². The minimum Gasteiger partial charge on any atom is -0.357 e. The van der Waals surface area contributed by atoms with Gasteiger partial charge in [-0.25, -0.2) is 0 Å². The monoisotopic (exact) mass is 410 g/mol. The Bertz CT molecular complexity index is 716. The summed E-state index contributed by atoms with van der Waals surface area (Å²) < 4.78 is 0.817. The number of anilines is 1. The van der Waals surface area contributed by atoms with Crippen molar-refractivity contribution < 1.29 is 4.79 Å². The predicted octanol–water partition coefficient (Wildman–Crippen LogP) is 4.91. The minimum atomic E-state index is -0.0571. The average molecular weight is 411 g/mol. The fraction of sp³-hybridized carbons (Fsp3) is 0.500. The van der Waals surface area contributed by atoms with E-state index in [9.17, 15) is 4.79 Å². The zero-order chi connectivity index (χ0) is 18.4. The Morgan fingerprint density at radius 3 is 2.73 bits per heavy atom. The number of nitrogens with one attached hydrogen (secondary N) is 2. The second kappa shape index (κ2) is 9.58. The molecule has 2 aromatic rings. The first-order valence-electron chi connectivity index (χ1n) is 8.88. The molecule has 1 amide bonds. The lowest BCUT2D eigenvalue weighted by molar-refractivity contribution is -0.119. The van der Waals surface area contributed by atoms with Gasteiger partial charge in [0.05, 0.1) is 11.8 Å². The number of hydrogen-bond donors (Lipinski definition) is 2. The van der Waals surface area contributed by atoms with Crippen molar-refractivity contribution >= 4 is 45.7 Å². The Labute approximate surface area is 167 Å². The van der Waals surface area contributed by atoms with Crippen LogP contribution in [-0.4, -0.2) is 27.9 Å². The highest BCUT2D eigenvalue weighted by Crippen LogP contribution is 2.28. The second-order valence-corrected chi connectivity index (χ2v) is 9.12. The quantitative estimate of drug-likeness (QED) is 0.635. The topological polar surface area (TPSA) is 66.9 Å². The molecule has 1 aromatic carbocycles. The smallest absolute Gasteiger partial charge is 0.230 e. The number of carbonyl (C=O) groups is 1. The van der Waals surface area contributed by atoms with E-state index in [1.807, 2.05) is 31.2 Å². The first kappa shape index (κ1) is 19.5. The van der Waals surface area contributed by atoms with Crippen molar-refractivity contribution in [3.63, 3.8) is 0 Å². The molecule has 26 heavy (non-hydrogen) atoms. The van der Waals surface area contributed by atoms with Crippen molar-refractivity contribution in [1.29, 1.82) is 0 Å². The molecule has 0 saturated heterocycles. The van der Waals surface area contributed by atoms with Gasteiger partial charge >= 0.3 is 0 Å². The summed E-state index contributed by atoms with van der Waals surface area (Å²) in [6.07, 6.45) is 6.30. The van der Waals surface area contributed by atoms with Gasteiger partial charge in [-0.15, -0.1) is 10.2 Å². The van der Waals surface area contributed by atoms with Gasteiger partial charge in [-0.1, -0.05) is 66.1 Å². The number of amides is 1. The van der Waals surface area contributed by atoms with Crippen molar-refractivity contribution in [2.24, 2.45) is 0 Å². The van der Waals surface area contributed by atoms with Crippen LogP contribution in [0.4, 0.5) is 5.13 Å². The van der Waals surface area contributed by atoms with Crippen LogP contribution in [0.5, 0.6) is 0 Å². The summed E-state index contributed by atoms with van der Waals surface area (Å²) >= 11 is 8.84. The lowest BCUT2D eigenvalue weighted by Gasteiger charge is -2.21. The average Bonchev–Trinajstić information content (AvgIpc) is 3.09. The normalized spacial score (nSPS) is 16.2. The summed E-state index contributed by atoms with van der Waals surface area (Å²) in [6, 6.07) is 7.96. The van der Waals surface area contributed by atoms with E-state index in [2.05, 4.69) is 20.8 Å². The first-order valence-corrected chi connectivity index (χ1v) is 11.1. The molecule has 1 fully saturated rings. The summed E-state index contributed by atoms with van der Waals surface area (Å²) in [5.41, 5.74) is 1.03. The molecule has 1 saturated carbocycles. The van der Waals surface area contributed by atoms with Gasteiger partial charge < -0.3 is 10.6 Å². The molecule has 1 unspecified atom stereocenters. The number of hydrogen-bond acceptors (Lipinski definition) is 6. The van der Waals surface area contributed by atoms with Gasteiger partial charge in [0.1, 0.15) is 0 Å². The zero-order valence-electron chi connectivity index (χ0n) is 14.7. The zero-order valence-corrected chi connectivity index (χ0v) is 17.1. The summed E-state index contributed by atoms with van der Waals surface area (Å²) in [5, 5.41) is 16.4. The van der Waals surface area contributed by atoms with Crippen LogP contribution in [0, 0.1) is 0 Å². The Balaban J connectivity index is 1.43. The summed E-state index contributed by atoms with van der Waals surface area (Å²) in [5.74, 6) is 0.310. The van der Waals surface area contributed by atoms with E-state index < -0.39 is 0 Å². The first-order chi connectivity index (χ1) is 12.6. The van der Waals surface area contributed by atoms with Crippen molar-refractivity contribution in [3.05, 3.63) is 34.9 Å². The maximum atomic E-state index is 12.2. The van der Waals surface area contributed by atoms with Crippen LogP contribution in [0.3, 0.4) is 0 Å². The van der Waals surface area contributed by atoms with Gasteiger partial charge in [0.25, 0.3) is 0 Å². The van der Waals surface area contributed by atoms with Gasteiger partial charge in [0, 0.05) is 11.1 Å². The fourth-order valence-electron chi connectivity index (χ4n) is 2.99. The molecule has 0 spiro atoms. The number of thioether (sulfide) groups is 1. The molecular weight excluding hydrogens is 388 g/mol. The van der Waals surface area contributed by atoms with Gasteiger partial charge in [0.2, 0.25) is 11.0 Å².